The molecule has 2 aromatic carbocycles. The number of benzene rings is 2. The van der Waals surface area contributed by atoms with Crippen LogP contribution in [-0.4, -0.2) is 17.0 Å². The zero-order chi connectivity index (χ0) is 14.9. The lowest BCUT2D eigenvalue weighted by Crippen LogP contribution is -2.20. The van der Waals surface area contributed by atoms with E-state index in [1.165, 1.54) is 11.6 Å². The van der Waals surface area contributed by atoms with Gasteiger partial charge >= 0.3 is 0 Å². The number of ketones is 1. The van der Waals surface area contributed by atoms with Gasteiger partial charge in [-0.1, -0.05) is 66.7 Å². The van der Waals surface area contributed by atoms with E-state index in [4.69, 9.17) is 0 Å². The van der Waals surface area contributed by atoms with Gasteiger partial charge in [-0.2, -0.15) is 0 Å². The van der Waals surface area contributed by atoms with Gasteiger partial charge in [-0.05, 0) is 30.0 Å². The van der Waals surface area contributed by atoms with Gasteiger partial charge in [0.1, 0.15) is 6.10 Å². The number of hydrogen-bond donors (Lipinski definition) is 1. The molecule has 0 aliphatic heterocycles. The average Bonchev–Trinajstić information content (AvgIpc) is 2.53. The Bertz CT molecular complexity index is 573. The minimum Gasteiger partial charge on any atom is -0.385 e. The number of carbonyl (C=O) groups is 1. The Hall–Kier alpha value is -2.19. The summed E-state index contributed by atoms with van der Waals surface area (Å²) in [6, 6.07) is 19.7. The zero-order valence-electron chi connectivity index (χ0n) is 12.0. The third-order valence-electron chi connectivity index (χ3n) is 3.32. The van der Waals surface area contributed by atoms with Crippen LogP contribution < -0.4 is 0 Å². The van der Waals surface area contributed by atoms with Crippen molar-refractivity contribution < 1.29 is 9.90 Å². The highest BCUT2D eigenvalue weighted by Crippen LogP contribution is 2.06. The van der Waals surface area contributed by atoms with Crippen LogP contribution in [0.2, 0.25) is 0 Å². The molecule has 0 spiro atoms. The third kappa shape index (κ3) is 5.36. The highest BCUT2D eigenvalue weighted by atomic mass is 16.3. The first kappa shape index (κ1) is 15.2. The Labute approximate surface area is 125 Å². The molecular weight excluding hydrogens is 260 g/mol. The van der Waals surface area contributed by atoms with E-state index in [0.717, 1.165) is 18.4 Å². The second-order valence-corrected chi connectivity index (χ2v) is 5.03. The van der Waals surface area contributed by atoms with Crippen molar-refractivity contribution >= 4 is 5.78 Å². The first-order chi connectivity index (χ1) is 10.3. The first-order valence-electron chi connectivity index (χ1n) is 7.22. The standard InChI is InChI=1S/C19H20O2/c20-18(19(21)15-17-12-5-2-6-13-17)14-8-7-11-16-9-3-1-4-10-16/h1-6,8-10,12-14,19,21H,7,11,15H2/t19-/m0/s1. The van der Waals surface area contributed by atoms with Crippen molar-refractivity contribution in [2.75, 3.05) is 0 Å². The Morgan fingerprint density at radius 2 is 1.52 bits per heavy atom. The molecule has 0 unspecified atom stereocenters. The van der Waals surface area contributed by atoms with Gasteiger partial charge in [0.05, 0.1) is 0 Å². The van der Waals surface area contributed by atoms with E-state index in [2.05, 4.69) is 12.1 Å². The minimum atomic E-state index is -0.958. The SMILES string of the molecule is O=C(C=CCCc1ccccc1)[C@@H](O)Cc1ccccc1. The van der Waals surface area contributed by atoms with Gasteiger partial charge in [0.25, 0.3) is 0 Å². The molecule has 1 atom stereocenters. The largest absolute Gasteiger partial charge is 0.385 e. The number of aliphatic hydroxyl groups is 1. The lowest BCUT2D eigenvalue weighted by atomic mass is 10.0. The zero-order valence-corrected chi connectivity index (χ0v) is 12.0. The van der Waals surface area contributed by atoms with Gasteiger partial charge in [0.2, 0.25) is 0 Å². The van der Waals surface area contributed by atoms with E-state index in [0.29, 0.717) is 6.42 Å². The smallest absolute Gasteiger partial charge is 0.184 e. The summed E-state index contributed by atoms with van der Waals surface area (Å²) in [6.07, 6.45) is 4.44. The van der Waals surface area contributed by atoms with E-state index in [9.17, 15) is 9.90 Å². The lowest BCUT2D eigenvalue weighted by Gasteiger charge is -2.06. The van der Waals surface area contributed by atoms with Gasteiger partial charge in [0, 0.05) is 6.42 Å². The van der Waals surface area contributed by atoms with Crippen molar-refractivity contribution in [1.82, 2.24) is 0 Å². The molecule has 2 heteroatoms. The molecule has 2 aromatic rings. The van der Waals surface area contributed by atoms with Crippen molar-refractivity contribution in [2.24, 2.45) is 0 Å². The van der Waals surface area contributed by atoms with Crippen LogP contribution in [0, 0.1) is 0 Å². The predicted octanol–water partition coefficient (Wildman–Crippen LogP) is 3.35. The van der Waals surface area contributed by atoms with Crippen LogP contribution in [0.3, 0.4) is 0 Å². The number of aliphatic hydroxyl groups excluding tert-OH is 1. The molecule has 0 aliphatic rings. The second-order valence-electron chi connectivity index (χ2n) is 5.03. The molecule has 0 saturated carbocycles. The van der Waals surface area contributed by atoms with Gasteiger partial charge < -0.3 is 5.11 Å². The predicted molar refractivity (Wildman–Crippen MR) is 85.1 cm³/mol. The van der Waals surface area contributed by atoms with Crippen molar-refractivity contribution in [3.63, 3.8) is 0 Å². The molecule has 0 aliphatic carbocycles. The van der Waals surface area contributed by atoms with Crippen LogP contribution in [-0.2, 0) is 17.6 Å². The van der Waals surface area contributed by atoms with Crippen molar-refractivity contribution in [1.29, 1.82) is 0 Å². The molecule has 0 fully saturated rings. The van der Waals surface area contributed by atoms with Crippen molar-refractivity contribution in [3.8, 4) is 0 Å². The van der Waals surface area contributed by atoms with E-state index >= 15 is 0 Å². The fourth-order valence-corrected chi connectivity index (χ4v) is 2.14. The van der Waals surface area contributed by atoms with E-state index in [-0.39, 0.29) is 5.78 Å². The van der Waals surface area contributed by atoms with Crippen LogP contribution in [0.5, 0.6) is 0 Å². The molecule has 0 aromatic heterocycles. The highest BCUT2D eigenvalue weighted by Gasteiger charge is 2.12. The Balaban J connectivity index is 1.76. The summed E-state index contributed by atoms with van der Waals surface area (Å²) < 4.78 is 0. The van der Waals surface area contributed by atoms with E-state index in [1.807, 2.05) is 54.6 Å². The van der Waals surface area contributed by atoms with Crippen LogP contribution >= 0.6 is 0 Å². The van der Waals surface area contributed by atoms with Crippen molar-refractivity contribution in [3.05, 3.63) is 83.9 Å². The monoisotopic (exact) mass is 280 g/mol. The quantitative estimate of drug-likeness (QED) is 0.790. The maximum Gasteiger partial charge on any atom is 0.184 e. The van der Waals surface area contributed by atoms with Crippen LogP contribution in [0.15, 0.2) is 72.8 Å². The molecule has 1 N–H and O–H groups in total. The fourth-order valence-electron chi connectivity index (χ4n) is 2.14. The topological polar surface area (TPSA) is 37.3 Å². The summed E-state index contributed by atoms with van der Waals surface area (Å²) in [4.78, 5) is 11.8. The molecule has 0 radical (unpaired) electrons. The average molecular weight is 280 g/mol. The highest BCUT2D eigenvalue weighted by molar-refractivity contribution is 5.93. The maximum absolute atomic E-state index is 11.8. The minimum absolute atomic E-state index is 0.230. The lowest BCUT2D eigenvalue weighted by molar-refractivity contribution is -0.122. The second kappa shape index (κ2) is 8.18. The van der Waals surface area contributed by atoms with Crippen LogP contribution in [0.1, 0.15) is 17.5 Å². The molecule has 0 heterocycles. The number of hydrogen-bond acceptors (Lipinski definition) is 2. The molecule has 2 nitrogen and oxygen atoms in total. The summed E-state index contributed by atoms with van der Waals surface area (Å²) in [5.74, 6) is -0.230. The van der Waals surface area contributed by atoms with Crippen LogP contribution in [0.25, 0.3) is 0 Å². The molecule has 2 rings (SSSR count). The molecule has 108 valence electrons. The van der Waals surface area contributed by atoms with Crippen LogP contribution in [0.4, 0.5) is 0 Å². The van der Waals surface area contributed by atoms with Gasteiger partial charge in [0.15, 0.2) is 5.78 Å². The number of rotatable bonds is 7. The van der Waals surface area contributed by atoms with E-state index in [1.54, 1.807) is 0 Å². The fraction of sp³-hybridized carbons (Fsp3) is 0.211. The number of aryl methyl sites for hydroxylation is 1. The third-order valence-corrected chi connectivity index (χ3v) is 3.32. The molecular formula is C19H20O2. The summed E-state index contributed by atoms with van der Waals surface area (Å²) in [5, 5.41) is 9.89. The summed E-state index contributed by atoms with van der Waals surface area (Å²) in [7, 11) is 0. The van der Waals surface area contributed by atoms with Gasteiger partial charge in [-0.25, -0.2) is 0 Å². The Morgan fingerprint density at radius 1 is 0.952 bits per heavy atom. The molecule has 0 bridgehead atoms. The Morgan fingerprint density at radius 3 is 2.14 bits per heavy atom. The van der Waals surface area contributed by atoms with Crippen molar-refractivity contribution in [2.45, 2.75) is 25.4 Å². The molecule has 0 saturated heterocycles. The van der Waals surface area contributed by atoms with Gasteiger partial charge in [-0.3, -0.25) is 4.79 Å². The van der Waals surface area contributed by atoms with E-state index < -0.39 is 6.10 Å². The normalized spacial score (nSPS) is 12.4. The first-order valence-corrected chi connectivity index (χ1v) is 7.22. The summed E-state index contributed by atoms with van der Waals surface area (Å²) in [6.45, 7) is 0. The summed E-state index contributed by atoms with van der Waals surface area (Å²) in [5.41, 5.74) is 2.22. The maximum atomic E-state index is 11.8. The number of carbonyl (C=O) groups excluding carboxylic acids is 1. The van der Waals surface area contributed by atoms with Gasteiger partial charge in [-0.15, -0.1) is 0 Å². The summed E-state index contributed by atoms with van der Waals surface area (Å²) >= 11 is 0. The molecule has 0 amide bonds. The Kier molecular flexibility index (Phi) is 5.92. The number of allylic oxidation sites excluding steroid dienone is 1. The molecule has 21 heavy (non-hydrogen) atoms.